The van der Waals surface area contributed by atoms with Gasteiger partial charge in [-0.25, -0.2) is 4.98 Å². The Kier molecular flexibility index (Phi) is 3.73. The van der Waals surface area contributed by atoms with Crippen molar-refractivity contribution in [1.82, 2.24) is 10.3 Å². The molecule has 0 saturated heterocycles. The summed E-state index contributed by atoms with van der Waals surface area (Å²) in [5.74, 6) is -0.134. The molecule has 0 unspecified atom stereocenters. The number of carbonyl (C=O) groups is 1. The molecule has 92 valence electrons. The number of rotatable bonds is 3. The zero-order valence-corrected chi connectivity index (χ0v) is 11.9. The van der Waals surface area contributed by atoms with Crippen LogP contribution in [0.1, 0.15) is 43.0 Å². The Bertz CT molecular complexity index is 441. The quantitative estimate of drug-likeness (QED) is 0.866. The van der Waals surface area contributed by atoms with Crippen molar-refractivity contribution < 1.29 is 4.79 Å². The number of hydrogen-bond donors (Lipinski definition) is 1. The molecule has 2 rings (SSSR count). The standard InChI is InChI=1S/C12H14BrClN2O/c1-2-12(4-3-5-12)16-11(17)9-6-8(13)7-15-10(9)14/h6-7H,2-5H2,1H3,(H,16,17). The molecule has 0 atom stereocenters. The van der Waals surface area contributed by atoms with Crippen LogP contribution in [-0.2, 0) is 0 Å². The normalized spacial score (nSPS) is 17.4. The first-order chi connectivity index (χ1) is 8.06. The third-order valence-electron chi connectivity index (χ3n) is 3.42. The Morgan fingerprint density at radius 3 is 2.88 bits per heavy atom. The van der Waals surface area contributed by atoms with E-state index in [1.807, 2.05) is 0 Å². The van der Waals surface area contributed by atoms with Gasteiger partial charge in [-0.15, -0.1) is 0 Å². The summed E-state index contributed by atoms with van der Waals surface area (Å²) >= 11 is 9.22. The lowest BCUT2D eigenvalue weighted by atomic mass is 9.74. The van der Waals surface area contributed by atoms with E-state index in [1.165, 1.54) is 6.42 Å². The van der Waals surface area contributed by atoms with E-state index in [0.717, 1.165) is 23.7 Å². The van der Waals surface area contributed by atoms with Gasteiger partial charge in [0, 0.05) is 16.2 Å². The van der Waals surface area contributed by atoms with E-state index in [4.69, 9.17) is 11.6 Å². The average molecular weight is 318 g/mol. The molecule has 3 nitrogen and oxygen atoms in total. The third kappa shape index (κ3) is 2.63. The van der Waals surface area contributed by atoms with Gasteiger partial charge in [-0.3, -0.25) is 4.79 Å². The predicted octanol–water partition coefficient (Wildman–Crippen LogP) is 3.56. The van der Waals surface area contributed by atoms with E-state index in [2.05, 4.69) is 33.2 Å². The Hall–Kier alpha value is -0.610. The van der Waals surface area contributed by atoms with Crippen molar-refractivity contribution in [3.05, 3.63) is 27.5 Å². The van der Waals surface area contributed by atoms with Crippen LogP contribution in [0.25, 0.3) is 0 Å². The van der Waals surface area contributed by atoms with Gasteiger partial charge in [-0.05, 0) is 47.7 Å². The van der Waals surface area contributed by atoms with Gasteiger partial charge in [0.2, 0.25) is 0 Å². The minimum atomic E-state index is -0.134. The van der Waals surface area contributed by atoms with E-state index in [1.54, 1.807) is 12.3 Å². The van der Waals surface area contributed by atoms with Crippen LogP contribution in [-0.4, -0.2) is 16.4 Å². The van der Waals surface area contributed by atoms with Crippen LogP contribution in [0, 0.1) is 0 Å². The van der Waals surface area contributed by atoms with E-state index in [-0.39, 0.29) is 16.6 Å². The van der Waals surface area contributed by atoms with Crippen molar-refractivity contribution >= 4 is 33.4 Å². The highest BCUT2D eigenvalue weighted by Gasteiger charge is 2.36. The molecule has 1 saturated carbocycles. The lowest BCUT2D eigenvalue weighted by Gasteiger charge is -2.42. The molecule has 0 spiro atoms. The molecule has 17 heavy (non-hydrogen) atoms. The lowest BCUT2D eigenvalue weighted by molar-refractivity contribution is 0.0820. The molecule has 1 aliphatic carbocycles. The van der Waals surface area contributed by atoms with Gasteiger partial charge in [-0.2, -0.15) is 0 Å². The highest BCUT2D eigenvalue weighted by atomic mass is 79.9. The molecule has 1 N–H and O–H groups in total. The Labute approximate surface area is 114 Å². The van der Waals surface area contributed by atoms with Gasteiger partial charge >= 0.3 is 0 Å². The van der Waals surface area contributed by atoms with Crippen molar-refractivity contribution in [2.75, 3.05) is 0 Å². The van der Waals surface area contributed by atoms with Crippen molar-refractivity contribution in [3.8, 4) is 0 Å². The fourth-order valence-electron chi connectivity index (χ4n) is 2.06. The molecule has 0 aromatic carbocycles. The fraction of sp³-hybridized carbons (Fsp3) is 0.500. The molecule has 0 bridgehead atoms. The van der Waals surface area contributed by atoms with Crippen LogP contribution in [0.5, 0.6) is 0 Å². The van der Waals surface area contributed by atoms with Crippen LogP contribution < -0.4 is 5.32 Å². The smallest absolute Gasteiger partial charge is 0.254 e. The van der Waals surface area contributed by atoms with Crippen LogP contribution in [0.2, 0.25) is 5.15 Å². The SMILES string of the molecule is CCC1(NC(=O)c2cc(Br)cnc2Cl)CCC1. The van der Waals surface area contributed by atoms with Crippen molar-refractivity contribution in [2.24, 2.45) is 0 Å². The summed E-state index contributed by atoms with van der Waals surface area (Å²) in [6.45, 7) is 2.10. The molecule has 1 aliphatic rings. The number of amides is 1. The summed E-state index contributed by atoms with van der Waals surface area (Å²) in [4.78, 5) is 16.1. The van der Waals surface area contributed by atoms with E-state index in [0.29, 0.717) is 5.56 Å². The monoisotopic (exact) mass is 316 g/mol. The van der Waals surface area contributed by atoms with Gasteiger partial charge in [0.05, 0.1) is 5.56 Å². The number of nitrogens with one attached hydrogen (secondary N) is 1. The molecule has 1 heterocycles. The number of hydrogen-bond acceptors (Lipinski definition) is 2. The second-order valence-electron chi connectivity index (χ2n) is 4.43. The number of carbonyl (C=O) groups excluding carboxylic acids is 1. The minimum Gasteiger partial charge on any atom is -0.347 e. The van der Waals surface area contributed by atoms with Gasteiger partial charge in [0.25, 0.3) is 5.91 Å². The Morgan fingerprint density at radius 1 is 1.65 bits per heavy atom. The Balaban J connectivity index is 2.17. The maximum Gasteiger partial charge on any atom is 0.254 e. The molecule has 1 amide bonds. The minimum absolute atomic E-state index is 0.0251. The van der Waals surface area contributed by atoms with Crippen molar-refractivity contribution in [1.29, 1.82) is 0 Å². The first-order valence-electron chi connectivity index (χ1n) is 5.70. The van der Waals surface area contributed by atoms with Gasteiger partial charge in [0.15, 0.2) is 0 Å². The molecule has 0 aliphatic heterocycles. The Morgan fingerprint density at radius 2 is 2.35 bits per heavy atom. The first kappa shape index (κ1) is 12.8. The summed E-state index contributed by atoms with van der Waals surface area (Å²) < 4.78 is 0.756. The van der Waals surface area contributed by atoms with Crippen LogP contribution in [0.3, 0.4) is 0 Å². The molecule has 1 fully saturated rings. The topological polar surface area (TPSA) is 42.0 Å². The first-order valence-corrected chi connectivity index (χ1v) is 6.87. The summed E-state index contributed by atoms with van der Waals surface area (Å²) in [6.07, 6.45) is 5.82. The van der Waals surface area contributed by atoms with Crippen LogP contribution in [0.4, 0.5) is 0 Å². The number of halogens is 2. The molecular formula is C12H14BrClN2O. The third-order valence-corrected chi connectivity index (χ3v) is 4.15. The molecular weight excluding hydrogens is 304 g/mol. The average Bonchev–Trinajstić information content (AvgIpc) is 2.26. The zero-order valence-electron chi connectivity index (χ0n) is 9.59. The summed E-state index contributed by atoms with van der Waals surface area (Å²) in [6, 6.07) is 1.70. The fourth-order valence-corrected chi connectivity index (χ4v) is 2.58. The van der Waals surface area contributed by atoms with Gasteiger partial charge < -0.3 is 5.32 Å². The highest BCUT2D eigenvalue weighted by Crippen LogP contribution is 2.35. The maximum atomic E-state index is 12.1. The van der Waals surface area contributed by atoms with Crippen LogP contribution >= 0.6 is 27.5 Å². The second-order valence-corrected chi connectivity index (χ2v) is 5.71. The predicted molar refractivity (Wildman–Crippen MR) is 71.3 cm³/mol. The zero-order chi connectivity index (χ0) is 12.5. The molecule has 1 aromatic rings. The summed E-state index contributed by atoms with van der Waals surface area (Å²) in [7, 11) is 0. The van der Waals surface area contributed by atoms with Crippen molar-refractivity contribution in [2.45, 2.75) is 38.1 Å². The summed E-state index contributed by atoms with van der Waals surface area (Å²) in [5.41, 5.74) is 0.406. The highest BCUT2D eigenvalue weighted by molar-refractivity contribution is 9.10. The molecule has 1 aromatic heterocycles. The van der Waals surface area contributed by atoms with E-state index < -0.39 is 0 Å². The largest absolute Gasteiger partial charge is 0.347 e. The van der Waals surface area contributed by atoms with Gasteiger partial charge in [-0.1, -0.05) is 18.5 Å². The lowest BCUT2D eigenvalue weighted by Crippen LogP contribution is -2.53. The van der Waals surface area contributed by atoms with Gasteiger partial charge in [0.1, 0.15) is 5.15 Å². The summed E-state index contributed by atoms with van der Waals surface area (Å²) in [5, 5.41) is 3.33. The second kappa shape index (κ2) is 4.94. The van der Waals surface area contributed by atoms with E-state index in [9.17, 15) is 4.79 Å². The number of pyridine rings is 1. The van der Waals surface area contributed by atoms with Crippen molar-refractivity contribution in [3.63, 3.8) is 0 Å². The van der Waals surface area contributed by atoms with Crippen LogP contribution in [0.15, 0.2) is 16.7 Å². The number of aromatic nitrogens is 1. The molecule has 5 heteroatoms. The number of nitrogens with zero attached hydrogens (tertiary/aromatic N) is 1. The maximum absolute atomic E-state index is 12.1. The molecule has 0 radical (unpaired) electrons. The van der Waals surface area contributed by atoms with E-state index >= 15 is 0 Å².